The van der Waals surface area contributed by atoms with Gasteiger partial charge in [-0.2, -0.15) is 0 Å². The van der Waals surface area contributed by atoms with Crippen LogP contribution >= 0.6 is 11.8 Å². The molecule has 1 heterocycles. The van der Waals surface area contributed by atoms with Crippen molar-refractivity contribution in [3.63, 3.8) is 0 Å². The molecule has 12 heavy (non-hydrogen) atoms. The quantitative estimate of drug-likeness (QED) is 0.386. The molecule has 0 fully saturated rings. The molecule has 0 aliphatic rings. The zero-order chi connectivity index (χ0) is 9.14. The fourth-order valence-electron chi connectivity index (χ4n) is 0.695. The van der Waals surface area contributed by atoms with E-state index in [1.807, 2.05) is 0 Å². The Balaban J connectivity index is 3.27. The molecule has 0 atom stereocenters. The van der Waals surface area contributed by atoms with Gasteiger partial charge in [-0.25, -0.2) is 9.97 Å². The highest BCUT2D eigenvalue weighted by molar-refractivity contribution is 7.98. The number of aldehydes is 1. The van der Waals surface area contributed by atoms with E-state index in [0.717, 1.165) is 0 Å². The summed E-state index contributed by atoms with van der Waals surface area (Å²) in [5.41, 5.74) is 11.0. The van der Waals surface area contributed by atoms with Crippen LogP contribution in [0.3, 0.4) is 0 Å². The number of aromatic nitrogens is 2. The van der Waals surface area contributed by atoms with Crippen molar-refractivity contribution >= 4 is 29.7 Å². The Kier molecular flexibility index (Phi) is 2.49. The third kappa shape index (κ3) is 1.48. The number of hydrogen-bond acceptors (Lipinski definition) is 6. The zero-order valence-electron chi connectivity index (χ0n) is 6.44. The topological polar surface area (TPSA) is 94.9 Å². The van der Waals surface area contributed by atoms with Gasteiger partial charge in [0.25, 0.3) is 0 Å². The fraction of sp³-hybridized carbons (Fsp3) is 0.167. The minimum atomic E-state index is 0.127. The van der Waals surface area contributed by atoms with Crippen LogP contribution in [0.2, 0.25) is 0 Å². The van der Waals surface area contributed by atoms with Gasteiger partial charge in [-0.1, -0.05) is 11.8 Å². The number of anilines is 2. The first-order chi connectivity index (χ1) is 5.69. The van der Waals surface area contributed by atoms with E-state index in [1.54, 1.807) is 6.26 Å². The molecule has 64 valence electrons. The summed E-state index contributed by atoms with van der Waals surface area (Å²) < 4.78 is 0. The van der Waals surface area contributed by atoms with Gasteiger partial charge in [0.15, 0.2) is 11.4 Å². The standard InChI is InChI=1S/C6H8N4OS/c1-12-6-9-4(7)3(2-11)5(8)10-6/h2H,1H3,(H4,7,8,9,10). The molecule has 0 saturated carbocycles. The van der Waals surface area contributed by atoms with Crippen molar-refractivity contribution in [2.24, 2.45) is 0 Å². The summed E-state index contributed by atoms with van der Waals surface area (Å²) in [5, 5.41) is 0.468. The van der Waals surface area contributed by atoms with Gasteiger partial charge in [0.05, 0.1) is 5.56 Å². The molecule has 0 amide bonds. The third-order valence-electron chi connectivity index (χ3n) is 1.28. The first kappa shape index (κ1) is 8.79. The second-order valence-electron chi connectivity index (χ2n) is 2.01. The molecule has 1 aromatic rings. The van der Waals surface area contributed by atoms with Crippen LogP contribution in [0.4, 0.5) is 11.6 Å². The van der Waals surface area contributed by atoms with Gasteiger partial charge in [-0.15, -0.1) is 0 Å². The fourth-order valence-corrected chi connectivity index (χ4v) is 1.07. The zero-order valence-corrected chi connectivity index (χ0v) is 7.26. The van der Waals surface area contributed by atoms with E-state index in [1.165, 1.54) is 11.8 Å². The molecule has 0 radical (unpaired) electrons. The molecule has 0 bridgehead atoms. The smallest absolute Gasteiger partial charge is 0.191 e. The van der Waals surface area contributed by atoms with Crippen LogP contribution in [0.5, 0.6) is 0 Å². The van der Waals surface area contributed by atoms with Gasteiger partial charge in [0, 0.05) is 0 Å². The average molecular weight is 184 g/mol. The number of carbonyl (C=O) groups excluding carboxylic acids is 1. The number of carbonyl (C=O) groups is 1. The van der Waals surface area contributed by atoms with Crippen LogP contribution in [0.25, 0.3) is 0 Å². The summed E-state index contributed by atoms with van der Waals surface area (Å²) in [7, 11) is 0. The van der Waals surface area contributed by atoms with Gasteiger partial charge in [-0.3, -0.25) is 4.79 Å². The van der Waals surface area contributed by atoms with Crippen LogP contribution in [0.15, 0.2) is 5.16 Å². The van der Waals surface area contributed by atoms with Crippen molar-refractivity contribution in [3.8, 4) is 0 Å². The first-order valence-electron chi connectivity index (χ1n) is 3.11. The Morgan fingerprint density at radius 2 is 1.83 bits per heavy atom. The highest BCUT2D eigenvalue weighted by Gasteiger charge is 2.07. The molecular formula is C6H8N4OS. The Hall–Kier alpha value is -1.30. The normalized spacial score (nSPS) is 9.75. The number of nitrogens with two attached hydrogens (primary N) is 2. The van der Waals surface area contributed by atoms with Gasteiger partial charge in [0.2, 0.25) is 0 Å². The minimum Gasteiger partial charge on any atom is -0.383 e. The average Bonchev–Trinajstić information content (AvgIpc) is 2.03. The van der Waals surface area contributed by atoms with Crippen molar-refractivity contribution in [3.05, 3.63) is 5.56 Å². The summed E-state index contributed by atoms with van der Waals surface area (Å²) in [5.74, 6) is 0.253. The minimum absolute atomic E-state index is 0.127. The van der Waals surface area contributed by atoms with Crippen molar-refractivity contribution < 1.29 is 4.79 Å². The predicted molar refractivity (Wildman–Crippen MR) is 48.0 cm³/mol. The monoisotopic (exact) mass is 184 g/mol. The van der Waals surface area contributed by atoms with E-state index < -0.39 is 0 Å². The Labute approximate surface area is 73.6 Å². The summed E-state index contributed by atoms with van der Waals surface area (Å²) >= 11 is 1.32. The summed E-state index contributed by atoms with van der Waals surface area (Å²) in [6, 6.07) is 0. The number of thioether (sulfide) groups is 1. The lowest BCUT2D eigenvalue weighted by Crippen LogP contribution is -2.05. The Morgan fingerprint density at radius 1 is 1.33 bits per heavy atom. The van der Waals surface area contributed by atoms with Crippen molar-refractivity contribution in [1.82, 2.24) is 9.97 Å². The van der Waals surface area contributed by atoms with Crippen molar-refractivity contribution in [2.45, 2.75) is 5.16 Å². The number of rotatable bonds is 2. The third-order valence-corrected chi connectivity index (χ3v) is 1.83. The molecule has 0 unspecified atom stereocenters. The van der Waals surface area contributed by atoms with Crippen LogP contribution in [0.1, 0.15) is 10.4 Å². The molecular weight excluding hydrogens is 176 g/mol. The molecule has 4 N–H and O–H groups in total. The summed E-state index contributed by atoms with van der Waals surface area (Å²) in [6.45, 7) is 0. The Bertz CT molecular complexity index is 291. The second kappa shape index (κ2) is 3.40. The van der Waals surface area contributed by atoms with Gasteiger partial charge < -0.3 is 11.5 Å². The first-order valence-corrected chi connectivity index (χ1v) is 4.33. The van der Waals surface area contributed by atoms with E-state index >= 15 is 0 Å². The molecule has 0 aliphatic heterocycles. The Morgan fingerprint density at radius 3 is 2.17 bits per heavy atom. The number of hydrogen-bond donors (Lipinski definition) is 2. The lowest BCUT2D eigenvalue weighted by atomic mass is 10.3. The largest absolute Gasteiger partial charge is 0.383 e. The van der Waals surface area contributed by atoms with Crippen LogP contribution in [-0.2, 0) is 0 Å². The maximum absolute atomic E-state index is 10.4. The number of nitrogens with zero attached hydrogens (tertiary/aromatic N) is 2. The van der Waals surface area contributed by atoms with E-state index in [9.17, 15) is 4.79 Å². The molecule has 0 aliphatic carbocycles. The SMILES string of the molecule is CSc1nc(N)c(C=O)c(N)n1. The molecule has 0 aromatic carbocycles. The summed E-state index contributed by atoms with van der Waals surface area (Å²) in [4.78, 5) is 18.1. The molecule has 1 rings (SSSR count). The molecule has 6 heteroatoms. The van der Waals surface area contributed by atoms with Crippen molar-refractivity contribution in [1.29, 1.82) is 0 Å². The maximum Gasteiger partial charge on any atom is 0.191 e. The highest BCUT2D eigenvalue weighted by atomic mass is 32.2. The molecule has 1 aromatic heterocycles. The van der Waals surface area contributed by atoms with Crippen molar-refractivity contribution in [2.75, 3.05) is 17.7 Å². The lowest BCUT2D eigenvalue weighted by Gasteiger charge is -2.02. The second-order valence-corrected chi connectivity index (χ2v) is 2.79. The van der Waals surface area contributed by atoms with Crippen LogP contribution in [-0.4, -0.2) is 22.5 Å². The maximum atomic E-state index is 10.4. The highest BCUT2D eigenvalue weighted by Crippen LogP contribution is 2.17. The van der Waals surface area contributed by atoms with E-state index in [4.69, 9.17) is 11.5 Å². The summed E-state index contributed by atoms with van der Waals surface area (Å²) in [6.07, 6.45) is 2.35. The molecule has 0 saturated heterocycles. The van der Waals surface area contributed by atoms with E-state index in [-0.39, 0.29) is 17.2 Å². The lowest BCUT2D eigenvalue weighted by molar-refractivity contribution is 0.112. The molecule has 0 spiro atoms. The van der Waals surface area contributed by atoms with Gasteiger partial charge in [-0.05, 0) is 6.26 Å². The van der Waals surface area contributed by atoms with Crippen LogP contribution < -0.4 is 11.5 Å². The molecule has 5 nitrogen and oxygen atoms in total. The van der Waals surface area contributed by atoms with Gasteiger partial charge in [0.1, 0.15) is 11.6 Å². The van der Waals surface area contributed by atoms with E-state index in [0.29, 0.717) is 11.4 Å². The van der Waals surface area contributed by atoms with Gasteiger partial charge >= 0.3 is 0 Å². The number of nitrogen functional groups attached to an aromatic ring is 2. The van der Waals surface area contributed by atoms with Crippen LogP contribution in [0, 0.1) is 0 Å². The predicted octanol–water partition coefficient (Wildman–Crippen LogP) is 0.175. The van der Waals surface area contributed by atoms with E-state index in [2.05, 4.69) is 9.97 Å².